The molecule has 1 N–H and O–H groups in total. The predicted octanol–water partition coefficient (Wildman–Crippen LogP) is 3.99. The van der Waals surface area contributed by atoms with Crippen LogP contribution in [0.25, 0.3) is 11.3 Å². The zero-order chi connectivity index (χ0) is 17.6. The van der Waals surface area contributed by atoms with Crippen LogP contribution in [0.15, 0.2) is 66.0 Å². The number of ether oxygens (including phenoxy) is 1. The Labute approximate surface area is 149 Å². The minimum absolute atomic E-state index is 0.405. The number of nitrogens with zero attached hydrogens (tertiary/aromatic N) is 1. The van der Waals surface area contributed by atoms with Gasteiger partial charge in [-0.25, -0.2) is 9.78 Å². The fraction of sp³-hybridized carbons (Fsp3) is 0.105. The van der Waals surface area contributed by atoms with Crippen molar-refractivity contribution in [2.45, 2.75) is 13.0 Å². The summed E-state index contributed by atoms with van der Waals surface area (Å²) in [6.45, 7) is 1.53. The molecule has 6 heteroatoms. The van der Waals surface area contributed by atoms with Gasteiger partial charge in [0.15, 0.2) is 11.2 Å². The minimum Gasteiger partial charge on any atom is -0.449 e. The van der Waals surface area contributed by atoms with E-state index in [-0.39, 0.29) is 0 Å². The fourth-order valence-electron chi connectivity index (χ4n) is 2.14. The number of benzene rings is 2. The Morgan fingerprint density at radius 3 is 2.36 bits per heavy atom. The quantitative estimate of drug-likeness (QED) is 0.705. The van der Waals surface area contributed by atoms with Crippen LogP contribution in [0, 0.1) is 0 Å². The molecular formula is C19H16N2O3S. The van der Waals surface area contributed by atoms with E-state index in [4.69, 9.17) is 4.74 Å². The zero-order valence-electron chi connectivity index (χ0n) is 13.5. The number of aromatic nitrogens is 1. The highest BCUT2D eigenvalue weighted by Gasteiger charge is 2.20. The van der Waals surface area contributed by atoms with Gasteiger partial charge in [0.2, 0.25) is 0 Å². The van der Waals surface area contributed by atoms with E-state index in [2.05, 4.69) is 10.3 Å². The van der Waals surface area contributed by atoms with Gasteiger partial charge in [0.25, 0.3) is 5.91 Å². The Morgan fingerprint density at radius 1 is 1.04 bits per heavy atom. The number of hydrogen-bond donors (Lipinski definition) is 1. The van der Waals surface area contributed by atoms with Crippen molar-refractivity contribution in [1.29, 1.82) is 0 Å². The molecule has 1 heterocycles. The highest BCUT2D eigenvalue weighted by atomic mass is 32.1. The van der Waals surface area contributed by atoms with Crippen LogP contribution < -0.4 is 5.32 Å². The summed E-state index contributed by atoms with van der Waals surface area (Å²) in [4.78, 5) is 28.6. The molecule has 3 rings (SSSR count). The Bertz CT molecular complexity index is 863. The summed E-state index contributed by atoms with van der Waals surface area (Å²) in [5, 5.41) is 5.01. The Kier molecular flexibility index (Phi) is 5.20. The summed E-state index contributed by atoms with van der Waals surface area (Å²) >= 11 is 1.32. The van der Waals surface area contributed by atoms with Crippen LogP contribution in [0.2, 0.25) is 0 Å². The van der Waals surface area contributed by atoms with Gasteiger partial charge in [-0.3, -0.25) is 10.1 Å². The molecule has 5 nitrogen and oxygen atoms in total. The smallest absolute Gasteiger partial charge is 0.338 e. The van der Waals surface area contributed by atoms with E-state index in [0.717, 1.165) is 11.3 Å². The second-order valence-electron chi connectivity index (χ2n) is 5.31. The lowest BCUT2D eigenvalue weighted by Crippen LogP contribution is -2.29. The van der Waals surface area contributed by atoms with Gasteiger partial charge < -0.3 is 4.74 Å². The van der Waals surface area contributed by atoms with Crippen molar-refractivity contribution in [2.24, 2.45) is 0 Å². The Hall–Kier alpha value is -2.99. The van der Waals surface area contributed by atoms with Crippen LogP contribution in [0.3, 0.4) is 0 Å². The second kappa shape index (κ2) is 7.72. The molecule has 0 aliphatic heterocycles. The Balaban J connectivity index is 1.60. The normalized spacial score (nSPS) is 11.6. The maximum atomic E-state index is 12.2. The first-order valence-corrected chi connectivity index (χ1v) is 8.59. The van der Waals surface area contributed by atoms with E-state index in [1.54, 1.807) is 30.3 Å². The van der Waals surface area contributed by atoms with Crippen LogP contribution in [0.4, 0.5) is 5.13 Å². The molecule has 1 amide bonds. The molecule has 2 aromatic carbocycles. The van der Waals surface area contributed by atoms with Crippen molar-refractivity contribution < 1.29 is 14.3 Å². The summed E-state index contributed by atoms with van der Waals surface area (Å²) in [6, 6.07) is 18.2. The number of hydrogen-bond acceptors (Lipinski definition) is 5. The molecule has 0 saturated heterocycles. The number of carbonyl (C=O) groups excluding carboxylic acids is 2. The summed E-state index contributed by atoms with van der Waals surface area (Å²) in [6.07, 6.45) is -0.920. The molecule has 0 aliphatic rings. The van der Waals surface area contributed by atoms with E-state index < -0.39 is 18.0 Å². The first kappa shape index (κ1) is 16.9. The molecule has 0 radical (unpaired) electrons. The third kappa shape index (κ3) is 4.30. The largest absolute Gasteiger partial charge is 0.449 e. The summed E-state index contributed by atoms with van der Waals surface area (Å²) in [5.74, 6) is -0.953. The molecule has 3 aromatic rings. The van der Waals surface area contributed by atoms with Crippen LogP contribution >= 0.6 is 11.3 Å². The lowest BCUT2D eigenvalue weighted by Gasteiger charge is -2.12. The summed E-state index contributed by atoms with van der Waals surface area (Å²) in [7, 11) is 0. The molecule has 0 spiro atoms. The third-order valence-corrected chi connectivity index (χ3v) is 4.22. The number of carbonyl (C=O) groups is 2. The van der Waals surface area contributed by atoms with Gasteiger partial charge in [0.05, 0.1) is 11.3 Å². The van der Waals surface area contributed by atoms with Gasteiger partial charge >= 0.3 is 5.97 Å². The second-order valence-corrected chi connectivity index (χ2v) is 6.16. The number of thiazole rings is 1. The van der Waals surface area contributed by atoms with Crippen molar-refractivity contribution in [3.63, 3.8) is 0 Å². The third-order valence-electron chi connectivity index (χ3n) is 3.47. The average molecular weight is 352 g/mol. The molecule has 25 heavy (non-hydrogen) atoms. The number of esters is 1. The van der Waals surface area contributed by atoms with Crippen molar-refractivity contribution >= 4 is 28.3 Å². The van der Waals surface area contributed by atoms with Gasteiger partial charge in [-0.2, -0.15) is 0 Å². The molecule has 1 aromatic heterocycles. The first-order valence-electron chi connectivity index (χ1n) is 7.71. The number of anilines is 1. The van der Waals surface area contributed by atoms with Crippen LogP contribution in [-0.4, -0.2) is 23.0 Å². The summed E-state index contributed by atoms with van der Waals surface area (Å²) < 4.78 is 5.19. The van der Waals surface area contributed by atoms with E-state index >= 15 is 0 Å². The van der Waals surface area contributed by atoms with Crippen molar-refractivity contribution in [3.8, 4) is 11.3 Å². The first-order chi connectivity index (χ1) is 12.1. The lowest BCUT2D eigenvalue weighted by atomic mass is 10.2. The van der Waals surface area contributed by atoms with Crippen LogP contribution in [-0.2, 0) is 9.53 Å². The van der Waals surface area contributed by atoms with Crippen molar-refractivity contribution in [3.05, 3.63) is 71.6 Å². The number of rotatable bonds is 5. The van der Waals surface area contributed by atoms with E-state index in [1.807, 2.05) is 35.7 Å². The zero-order valence-corrected chi connectivity index (χ0v) is 14.3. The molecule has 0 aliphatic carbocycles. The SMILES string of the molecule is CC(OC(=O)c1ccccc1)C(=O)Nc1nc(-c2ccccc2)cs1. The van der Waals surface area contributed by atoms with E-state index in [9.17, 15) is 9.59 Å². The maximum Gasteiger partial charge on any atom is 0.338 e. The van der Waals surface area contributed by atoms with Crippen LogP contribution in [0.1, 0.15) is 17.3 Å². The van der Waals surface area contributed by atoms with Crippen LogP contribution in [0.5, 0.6) is 0 Å². The number of nitrogens with one attached hydrogen (secondary N) is 1. The molecule has 0 saturated carbocycles. The van der Waals surface area contributed by atoms with Gasteiger partial charge in [0.1, 0.15) is 0 Å². The molecule has 1 unspecified atom stereocenters. The molecule has 126 valence electrons. The maximum absolute atomic E-state index is 12.2. The molecular weight excluding hydrogens is 336 g/mol. The van der Waals surface area contributed by atoms with Gasteiger partial charge in [-0.05, 0) is 19.1 Å². The number of amides is 1. The van der Waals surface area contributed by atoms with Gasteiger partial charge in [0, 0.05) is 10.9 Å². The molecule has 0 bridgehead atoms. The minimum atomic E-state index is -0.920. The molecule has 0 fully saturated rings. The van der Waals surface area contributed by atoms with E-state index in [1.165, 1.54) is 18.3 Å². The lowest BCUT2D eigenvalue weighted by molar-refractivity contribution is -0.123. The van der Waals surface area contributed by atoms with Gasteiger partial charge in [-0.1, -0.05) is 48.5 Å². The van der Waals surface area contributed by atoms with Crippen molar-refractivity contribution in [2.75, 3.05) is 5.32 Å². The van der Waals surface area contributed by atoms with Gasteiger partial charge in [-0.15, -0.1) is 11.3 Å². The topological polar surface area (TPSA) is 68.3 Å². The highest BCUT2D eigenvalue weighted by molar-refractivity contribution is 7.14. The molecule has 1 atom stereocenters. The fourth-order valence-corrected chi connectivity index (χ4v) is 2.86. The summed E-state index contributed by atoms with van der Waals surface area (Å²) in [5.41, 5.74) is 2.17. The Morgan fingerprint density at radius 2 is 1.68 bits per heavy atom. The average Bonchev–Trinajstić information content (AvgIpc) is 3.11. The monoisotopic (exact) mass is 352 g/mol. The highest BCUT2D eigenvalue weighted by Crippen LogP contribution is 2.24. The van der Waals surface area contributed by atoms with Crippen molar-refractivity contribution in [1.82, 2.24) is 4.98 Å². The standard InChI is InChI=1S/C19H16N2O3S/c1-13(24-18(23)15-10-6-3-7-11-15)17(22)21-19-20-16(12-25-19)14-8-4-2-5-9-14/h2-13H,1H3,(H,20,21,22). The van der Waals surface area contributed by atoms with E-state index in [0.29, 0.717) is 10.7 Å². The predicted molar refractivity (Wildman–Crippen MR) is 97.5 cm³/mol.